The zero-order valence-corrected chi connectivity index (χ0v) is 28.5. The fourth-order valence-corrected chi connectivity index (χ4v) is 6.44. The summed E-state index contributed by atoms with van der Waals surface area (Å²) in [4.78, 5) is 89.9. The van der Waals surface area contributed by atoms with Crippen LogP contribution >= 0.6 is 11.3 Å². The molecule has 3 amide bonds. The molecule has 1 unspecified atom stereocenters. The predicted molar refractivity (Wildman–Crippen MR) is 173 cm³/mol. The van der Waals surface area contributed by atoms with Crippen molar-refractivity contribution >= 4 is 52.4 Å². The molecule has 0 aliphatic heterocycles. The highest BCUT2D eigenvalue weighted by Crippen LogP contribution is 2.38. The number of amides is 3. The number of carbonyl (C=O) groups excluding carboxylic acids is 6. The number of carboxylic acid groups (broad SMARTS) is 1. The van der Waals surface area contributed by atoms with Gasteiger partial charge in [0, 0.05) is 41.5 Å². The minimum absolute atomic E-state index is 0.0151. The van der Waals surface area contributed by atoms with Crippen LogP contribution in [0.4, 0.5) is 0 Å². The lowest BCUT2D eigenvalue weighted by molar-refractivity contribution is -0.137. The normalized spacial score (nSPS) is 14.9. The smallest absolute Gasteiger partial charge is 0.337 e. The van der Waals surface area contributed by atoms with Crippen molar-refractivity contribution < 1.29 is 48.2 Å². The Kier molecular flexibility index (Phi) is 16.3. The van der Waals surface area contributed by atoms with Crippen molar-refractivity contribution in [1.29, 1.82) is 0 Å². The van der Waals surface area contributed by atoms with Gasteiger partial charge in [-0.3, -0.25) is 38.9 Å². The number of carboxylic acids is 1. The average molecular weight is 681 g/mol. The molecule has 1 heterocycles. The number of nitrogens with two attached hydrogens (primary N) is 1. The highest BCUT2D eigenvalue weighted by molar-refractivity contribution is 7.12. The van der Waals surface area contributed by atoms with E-state index >= 15 is 0 Å². The Labute approximate surface area is 278 Å². The highest BCUT2D eigenvalue weighted by Gasteiger charge is 2.31. The Balaban J connectivity index is 1.59. The molecule has 0 radical (unpaired) electrons. The van der Waals surface area contributed by atoms with Crippen LogP contribution in [0.1, 0.15) is 91.9 Å². The lowest BCUT2D eigenvalue weighted by atomic mass is 9.84. The molecule has 0 fully saturated rings. The van der Waals surface area contributed by atoms with Gasteiger partial charge >= 0.3 is 5.97 Å². The fraction of sp³-hybridized carbons (Fsp3) is 0.656. The molecule has 6 N–H and O–H groups in total. The number of ketones is 3. The molecular formula is C32H48N4O10S. The monoisotopic (exact) mass is 680 g/mol. The molecule has 47 heavy (non-hydrogen) atoms. The molecule has 1 aliphatic rings. The Morgan fingerprint density at radius 2 is 1.81 bits per heavy atom. The zero-order chi connectivity index (χ0) is 35.1. The van der Waals surface area contributed by atoms with Gasteiger partial charge in [-0.05, 0) is 56.4 Å². The number of thiophene rings is 1. The number of fused-ring (bicyclic) bond motifs is 1. The Bertz CT molecular complexity index is 1310. The van der Waals surface area contributed by atoms with Gasteiger partial charge in [-0.15, -0.1) is 11.3 Å². The first-order valence-electron chi connectivity index (χ1n) is 15.9. The van der Waals surface area contributed by atoms with Crippen molar-refractivity contribution in [2.24, 2.45) is 17.1 Å². The maximum absolute atomic E-state index is 12.4. The van der Waals surface area contributed by atoms with Gasteiger partial charge in [0.05, 0.1) is 31.4 Å². The van der Waals surface area contributed by atoms with Gasteiger partial charge in [0.15, 0.2) is 11.6 Å². The van der Waals surface area contributed by atoms with Crippen LogP contribution < -0.4 is 21.8 Å². The summed E-state index contributed by atoms with van der Waals surface area (Å²) >= 11 is 1.21. The number of rotatable bonds is 23. The van der Waals surface area contributed by atoms with E-state index in [1.165, 1.54) is 11.3 Å². The van der Waals surface area contributed by atoms with Crippen LogP contribution in [0.15, 0.2) is 0 Å². The van der Waals surface area contributed by atoms with Crippen molar-refractivity contribution in [3.63, 3.8) is 0 Å². The van der Waals surface area contributed by atoms with Crippen molar-refractivity contribution in [1.82, 2.24) is 16.1 Å². The maximum atomic E-state index is 12.4. The van der Waals surface area contributed by atoms with Crippen molar-refractivity contribution in [3.05, 3.63) is 20.9 Å². The van der Waals surface area contributed by atoms with Crippen LogP contribution in [0.2, 0.25) is 0 Å². The summed E-state index contributed by atoms with van der Waals surface area (Å²) in [6, 6.07) is -0.625. The van der Waals surface area contributed by atoms with E-state index in [0.717, 1.165) is 11.8 Å². The third kappa shape index (κ3) is 13.2. The first kappa shape index (κ1) is 39.6. The molecule has 1 aromatic rings. The van der Waals surface area contributed by atoms with E-state index in [9.17, 15) is 38.7 Å². The number of ether oxygens (including phenoxy) is 1. The van der Waals surface area contributed by atoms with Gasteiger partial charge in [-0.2, -0.15) is 0 Å². The van der Waals surface area contributed by atoms with Gasteiger partial charge in [0.2, 0.25) is 23.5 Å². The topological polar surface area (TPSA) is 220 Å². The lowest BCUT2D eigenvalue weighted by Crippen LogP contribution is -2.45. The third-order valence-electron chi connectivity index (χ3n) is 8.32. The number of hydrogen-bond donors (Lipinski definition) is 5. The minimum Gasteiger partial charge on any atom is -0.478 e. The van der Waals surface area contributed by atoms with E-state index in [-0.39, 0.29) is 68.3 Å². The second-order valence-corrected chi connectivity index (χ2v) is 13.5. The molecule has 1 aromatic heterocycles. The maximum Gasteiger partial charge on any atom is 0.337 e. The Hall–Kier alpha value is -3.53. The van der Waals surface area contributed by atoms with Crippen LogP contribution in [0, 0.1) is 11.3 Å². The molecule has 0 spiro atoms. The molecule has 0 aromatic carbocycles. The number of Topliss-reactive ketones (excluding diaryl/α,β-unsaturated/α-hetero) is 3. The molecule has 14 nitrogen and oxygen atoms in total. The summed E-state index contributed by atoms with van der Waals surface area (Å²) < 4.78 is 5.28. The van der Waals surface area contributed by atoms with Gasteiger partial charge < -0.3 is 20.9 Å². The van der Waals surface area contributed by atoms with Crippen LogP contribution in [0.3, 0.4) is 0 Å². The summed E-state index contributed by atoms with van der Waals surface area (Å²) in [5, 5.41) is 15.3. The van der Waals surface area contributed by atoms with E-state index in [0.29, 0.717) is 61.9 Å². The molecule has 262 valence electrons. The number of nitrogens with one attached hydrogen (secondary N) is 3. The Morgan fingerprint density at radius 3 is 2.45 bits per heavy atom. The molecule has 0 bridgehead atoms. The van der Waals surface area contributed by atoms with E-state index < -0.39 is 34.9 Å². The average Bonchev–Trinajstić information content (AvgIpc) is 3.36. The molecule has 15 heteroatoms. The van der Waals surface area contributed by atoms with E-state index in [1.807, 2.05) is 20.8 Å². The third-order valence-corrected chi connectivity index (χ3v) is 9.58. The van der Waals surface area contributed by atoms with Gasteiger partial charge in [0.25, 0.3) is 0 Å². The van der Waals surface area contributed by atoms with Crippen LogP contribution in [0.25, 0.3) is 0 Å². The van der Waals surface area contributed by atoms with Gasteiger partial charge in [-0.1, -0.05) is 20.8 Å². The number of carbonyl (C=O) groups is 7. The molecule has 0 saturated heterocycles. The predicted octanol–water partition coefficient (Wildman–Crippen LogP) is 1.44. The van der Waals surface area contributed by atoms with Crippen LogP contribution in [-0.4, -0.2) is 85.1 Å². The number of hydrogen-bond acceptors (Lipinski definition) is 11. The zero-order valence-electron chi connectivity index (χ0n) is 27.7. The first-order valence-corrected chi connectivity index (χ1v) is 16.7. The summed E-state index contributed by atoms with van der Waals surface area (Å²) in [6.45, 7) is 7.15. The second kappa shape index (κ2) is 19.3. The standard InChI is InChI=1S/C32H48N4O10S/c1-5-32(3,4)26(39)17-35-22(30(33)42)8-6-7-11-34-28(41)18-45-12-13-46-36-27(40)15-20-9-10-21-24(14-20)47-25(29(21)31(43)44)16-23(38)19(2)37/h20,22,35H,5-18H2,1-4H3,(H2,33,42)(H,34,41)(H,36,40)(H,43,44)/t20?,22-/m0/s1. The summed E-state index contributed by atoms with van der Waals surface area (Å²) in [5.41, 5.74) is 8.12. The number of primary amides is 1. The van der Waals surface area contributed by atoms with Crippen molar-refractivity contribution in [3.8, 4) is 0 Å². The SMILES string of the molecule is CCC(C)(C)C(=O)CN[C@@H](CCCCNC(=O)COCCONC(=O)CC1CCc2c(sc(CC(=O)C(C)=O)c2C(=O)O)C1)C(N)=O. The van der Waals surface area contributed by atoms with Crippen molar-refractivity contribution in [2.75, 3.05) is 32.9 Å². The first-order chi connectivity index (χ1) is 22.2. The van der Waals surface area contributed by atoms with Gasteiger partial charge in [-0.25, -0.2) is 10.3 Å². The minimum atomic E-state index is -1.13. The molecule has 2 atom stereocenters. The highest BCUT2D eigenvalue weighted by atomic mass is 32.1. The van der Waals surface area contributed by atoms with Gasteiger partial charge in [0.1, 0.15) is 6.61 Å². The number of hydroxylamine groups is 1. The van der Waals surface area contributed by atoms with E-state index in [4.69, 9.17) is 15.3 Å². The Morgan fingerprint density at radius 1 is 1.09 bits per heavy atom. The second-order valence-electron chi connectivity index (χ2n) is 12.3. The molecule has 2 rings (SSSR count). The van der Waals surface area contributed by atoms with Crippen molar-refractivity contribution in [2.45, 2.75) is 91.5 Å². The van der Waals surface area contributed by atoms with E-state index in [1.54, 1.807) is 0 Å². The summed E-state index contributed by atoms with van der Waals surface area (Å²) in [7, 11) is 0. The van der Waals surface area contributed by atoms with Crippen LogP contribution in [-0.2, 0) is 57.6 Å². The van der Waals surface area contributed by atoms with E-state index in [2.05, 4.69) is 16.1 Å². The number of aromatic carboxylic acids is 1. The molecular weight excluding hydrogens is 632 g/mol. The summed E-state index contributed by atoms with van der Waals surface area (Å²) in [5.74, 6) is -3.60. The number of unbranched alkanes of at least 4 members (excludes halogenated alkanes) is 1. The van der Waals surface area contributed by atoms with Crippen LogP contribution in [0.5, 0.6) is 0 Å². The molecule has 0 saturated carbocycles. The quantitative estimate of drug-likeness (QED) is 0.0632. The summed E-state index contributed by atoms with van der Waals surface area (Å²) in [6.07, 6.45) is 3.82. The fourth-order valence-electron chi connectivity index (χ4n) is 4.98. The lowest BCUT2D eigenvalue weighted by Gasteiger charge is -2.23. The largest absolute Gasteiger partial charge is 0.478 e. The molecule has 1 aliphatic carbocycles.